The van der Waals surface area contributed by atoms with Gasteiger partial charge < -0.3 is 25.4 Å². The van der Waals surface area contributed by atoms with Gasteiger partial charge in [-0.05, 0) is 83.7 Å². The van der Waals surface area contributed by atoms with Gasteiger partial charge in [0.1, 0.15) is 23.4 Å². The quantitative estimate of drug-likeness (QED) is 0.304. The SMILES string of the molecule is CCCCCN(C(=O)C(Cc1ccc(O)cc1)NC(=O)OC(C)(C)C)C(C(=O)NC(C)(C)C)c1ccccc1C. The molecule has 8 heteroatoms. The van der Waals surface area contributed by atoms with Crippen LogP contribution in [0.15, 0.2) is 48.5 Å². The van der Waals surface area contributed by atoms with Gasteiger partial charge in [0.15, 0.2) is 0 Å². The number of amides is 3. The van der Waals surface area contributed by atoms with E-state index in [-0.39, 0.29) is 24.0 Å². The summed E-state index contributed by atoms with van der Waals surface area (Å²) in [4.78, 5) is 42.8. The molecule has 2 aromatic carbocycles. The molecule has 2 rings (SSSR count). The second-order valence-corrected chi connectivity index (χ2v) is 12.3. The van der Waals surface area contributed by atoms with E-state index in [1.807, 2.05) is 52.0 Å². The average molecular weight is 554 g/mol. The van der Waals surface area contributed by atoms with E-state index in [9.17, 15) is 19.5 Å². The minimum absolute atomic E-state index is 0.103. The minimum Gasteiger partial charge on any atom is -0.508 e. The number of carbonyl (C=O) groups is 3. The maximum Gasteiger partial charge on any atom is 0.408 e. The first kappa shape index (κ1) is 32.7. The molecule has 0 aliphatic carbocycles. The molecular formula is C32H47N3O5. The molecular weight excluding hydrogens is 506 g/mol. The zero-order chi connectivity index (χ0) is 30.1. The molecule has 8 nitrogen and oxygen atoms in total. The number of benzene rings is 2. The fourth-order valence-corrected chi connectivity index (χ4v) is 4.40. The Balaban J connectivity index is 2.59. The Bertz CT molecular complexity index is 1130. The van der Waals surface area contributed by atoms with Crippen LogP contribution in [0.1, 0.15) is 90.5 Å². The highest BCUT2D eigenvalue weighted by atomic mass is 16.6. The summed E-state index contributed by atoms with van der Waals surface area (Å²) in [5.41, 5.74) is 1.09. The van der Waals surface area contributed by atoms with Gasteiger partial charge in [-0.15, -0.1) is 0 Å². The lowest BCUT2D eigenvalue weighted by atomic mass is 9.95. The molecule has 0 spiro atoms. The first-order valence-electron chi connectivity index (χ1n) is 14.1. The van der Waals surface area contributed by atoms with Crippen molar-refractivity contribution in [1.29, 1.82) is 0 Å². The molecule has 3 N–H and O–H groups in total. The first-order valence-corrected chi connectivity index (χ1v) is 14.1. The lowest BCUT2D eigenvalue weighted by Gasteiger charge is -2.36. The van der Waals surface area contributed by atoms with Gasteiger partial charge in [0.25, 0.3) is 0 Å². The number of hydrogen-bond donors (Lipinski definition) is 3. The Morgan fingerprint density at radius 1 is 0.950 bits per heavy atom. The number of aromatic hydroxyl groups is 1. The molecule has 3 amide bonds. The highest BCUT2D eigenvalue weighted by Gasteiger charge is 2.37. The van der Waals surface area contributed by atoms with Crippen LogP contribution in [-0.2, 0) is 20.7 Å². The van der Waals surface area contributed by atoms with Crippen LogP contribution < -0.4 is 10.6 Å². The summed E-state index contributed by atoms with van der Waals surface area (Å²) in [6.07, 6.45) is 1.96. The van der Waals surface area contributed by atoms with E-state index in [1.54, 1.807) is 37.8 Å². The van der Waals surface area contributed by atoms with Gasteiger partial charge in [-0.25, -0.2) is 4.79 Å². The smallest absolute Gasteiger partial charge is 0.408 e. The molecule has 0 aliphatic heterocycles. The molecule has 2 atom stereocenters. The molecule has 0 aromatic heterocycles. The van der Waals surface area contributed by atoms with Crippen LogP contribution in [0.25, 0.3) is 0 Å². The predicted octanol–water partition coefficient (Wildman–Crippen LogP) is 5.81. The van der Waals surface area contributed by atoms with Crippen LogP contribution in [0.5, 0.6) is 5.75 Å². The topological polar surface area (TPSA) is 108 Å². The van der Waals surface area contributed by atoms with Gasteiger partial charge in [-0.1, -0.05) is 56.2 Å². The number of hydrogen-bond acceptors (Lipinski definition) is 5. The number of aryl methyl sites for hydroxylation is 1. The van der Waals surface area contributed by atoms with Crippen molar-refractivity contribution in [3.05, 3.63) is 65.2 Å². The Morgan fingerprint density at radius 3 is 2.12 bits per heavy atom. The third kappa shape index (κ3) is 10.5. The maximum absolute atomic E-state index is 14.4. The van der Waals surface area contributed by atoms with Gasteiger partial charge in [0.05, 0.1) is 0 Å². The van der Waals surface area contributed by atoms with Crippen molar-refractivity contribution in [3.63, 3.8) is 0 Å². The minimum atomic E-state index is -1.00. The van der Waals surface area contributed by atoms with E-state index < -0.39 is 29.3 Å². The molecule has 220 valence electrons. The van der Waals surface area contributed by atoms with Gasteiger partial charge in [0.2, 0.25) is 11.8 Å². The molecule has 0 saturated carbocycles. The summed E-state index contributed by atoms with van der Waals surface area (Å²) < 4.78 is 5.49. The van der Waals surface area contributed by atoms with E-state index in [4.69, 9.17) is 4.74 Å². The Morgan fingerprint density at radius 2 is 1.57 bits per heavy atom. The summed E-state index contributed by atoms with van der Waals surface area (Å²) in [5.74, 6) is -0.564. The summed E-state index contributed by atoms with van der Waals surface area (Å²) >= 11 is 0. The van der Waals surface area contributed by atoms with Crippen molar-refractivity contribution in [1.82, 2.24) is 15.5 Å². The van der Waals surface area contributed by atoms with E-state index in [0.717, 1.165) is 29.5 Å². The second-order valence-electron chi connectivity index (χ2n) is 12.3. The lowest BCUT2D eigenvalue weighted by Crippen LogP contribution is -2.55. The normalized spacial score (nSPS) is 13.2. The summed E-state index contributed by atoms with van der Waals surface area (Å²) in [6.45, 7) is 15.3. The molecule has 2 unspecified atom stereocenters. The van der Waals surface area contributed by atoms with Gasteiger partial charge in [-0.3, -0.25) is 9.59 Å². The number of phenols is 1. The highest BCUT2D eigenvalue weighted by molar-refractivity contribution is 5.92. The predicted molar refractivity (Wildman–Crippen MR) is 158 cm³/mol. The number of unbranched alkanes of at least 4 members (excludes halogenated alkanes) is 2. The molecule has 40 heavy (non-hydrogen) atoms. The number of nitrogens with one attached hydrogen (secondary N) is 2. The second kappa shape index (κ2) is 14.2. The van der Waals surface area contributed by atoms with Crippen LogP contribution in [0.3, 0.4) is 0 Å². The van der Waals surface area contributed by atoms with Crippen molar-refractivity contribution < 1.29 is 24.2 Å². The molecule has 0 saturated heterocycles. The summed E-state index contributed by atoms with van der Waals surface area (Å²) in [6, 6.07) is 12.2. The van der Waals surface area contributed by atoms with E-state index >= 15 is 0 Å². The van der Waals surface area contributed by atoms with Crippen molar-refractivity contribution in [2.75, 3.05) is 6.54 Å². The Kier molecular flexibility index (Phi) is 11.6. The van der Waals surface area contributed by atoms with Crippen LogP contribution >= 0.6 is 0 Å². The van der Waals surface area contributed by atoms with Crippen LogP contribution in [-0.4, -0.2) is 51.6 Å². The molecule has 2 aromatic rings. The molecule has 0 bridgehead atoms. The van der Waals surface area contributed by atoms with Crippen LogP contribution in [0.4, 0.5) is 4.79 Å². The monoisotopic (exact) mass is 553 g/mol. The third-order valence-corrected chi connectivity index (χ3v) is 6.19. The number of rotatable bonds is 11. The third-order valence-electron chi connectivity index (χ3n) is 6.19. The molecule has 0 fully saturated rings. The number of carbonyl (C=O) groups excluding carboxylic acids is 3. The zero-order valence-electron chi connectivity index (χ0n) is 25.3. The Labute approximate surface area is 239 Å². The van der Waals surface area contributed by atoms with Gasteiger partial charge in [0, 0.05) is 18.5 Å². The van der Waals surface area contributed by atoms with Crippen molar-refractivity contribution >= 4 is 17.9 Å². The van der Waals surface area contributed by atoms with E-state index in [0.29, 0.717) is 13.0 Å². The number of ether oxygens (including phenoxy) is 1. The van der Waals surface area contributed by atoms with Crippen molar-refractivity contribution in [3.8, 4) is 5.75 Å². The largest absolute Gasteiger partial charge is 0.508 e. The summed E-state index contributed by atoms with van der Waals surface area (Å²) in [5, 5.41) is 15.6. The van der Waals surface area contributed by atoms with Gasteiger partial charge >= 0.3 is 6.09 Å². The fraction of sp³-hybridized carbons (Fsp3) is 0.531. The van der Waals surface area contributed by atoms with Crippen LogP contribution in [0, 0.1) is 6.92 Å². The molecule has 0 aliphatic rings. The molecule has 0 radical (unpaired) electrons. The Hall–Kier alpha value is -3.55. The maximum atomic E-state index is 14.4. The standard InChI is InChI=1S/C32H47N3O5/c1-9-10-13-20-35(27(28(37)34-31(3,4)5)25-15-12-11-14-22(25)2)29(38)26(33-30(39)40-32(6,7)8)21-23-16-18-24(36)19-17-23/h11-12,14-19,26-27,36H,9-10,13,20-21H2,1-8H3,(H,33,39)(H,34,37). The zero-order valence-corrected chi connectivity index (χ0v) is 25.3. The van der Waals surface area contributed by atoms with E-state index in [1.165, 1.54) is 12.1 Å². The van der Waals surface area contributed by atoms with Crippen molar-refractivity contribution in [2.45, 2.75) is 104 Å². The lowest BCUT2D eigenvalue weighted by molar-refractivity contribution is -0.143. The fourth-order valence-electron chi connectivity index (χ4n) is 4.40. The highest BCUT2D eigenvalue weighted by Crippen LogP contribution is 2.27. The number of nitrogens with zero attached hydrogens (tertiary/aromatic N) is 1. The molecule has 0 heterocycles. The number of alkyl carbamates (subject to hydrolysis) is 1. The summed E-state index contributed by atoms with van der Waals surface area (Å²) in [7, 11) is 0. The van der Waals surface area contributed by atoms with Crippen molar-refractivity contribution in [2.24, 2.45) is 0 Å². The number of phenolic OH excluding ortho intramolecular Hbond substituents is 1. The first-order chi connectivity index (χ1) is 18.6. The average Bonchev–Trinajstić information content (AvgIpc) is 2.82. The van der Waals surface area contributed by atoms with E-state index in [2.05, 4.69) is 17.6 Å². The van der Waals surface area contributed by atoms with Crippen LogP contribution in [0.2, 0.25) is 0 Å². The van der Waals surface area contributed by atoms with Gasteiger partial charge in [-0.2, -0.15) is 0 Å².